The Labute approximate surface area is 387 Å². The maximum absolute atomic E-state index is 15.1. The van der Waals surface area contributed by atoms with Crippen LogP contribution in [-0.2, 0) is 14.2 Å². The van der Waals surface area contributed by atoms with Crippen LogP contribution in [0, 0.1) is 0 Å². The molecule has 0 N–H and O–H groups in total. The molecule has 0 spiro atoms. The van der Waals surface area contributed by atoms with E-state index in [1.54, 1.807) is 24.3 Å². The van der Waals surface area contributed by atoms with Gasteiger partial charge in [-0.25, -0.2) is 14.4 Å². The Morgan fingerprint density at radius 2 is 0.913 bits per heavy atom. The molecule has 69 heavy (non-hydrogen) atoms. The van der Waals surface area contributed by atoms with Crippen molar-refractivity contribution in [3.63, 3.8) is 0 Å². The number of hydrogen-bond donors (Lipinski definition) is 0. The zero-order valence-corrected chi connectivity index (χ0v) is 36.7. The van der Waals surface area contributed by atoms with Crippen LogP contribution < -0.4 is 16.3 Å². The Kier molecular flexibility index (Phi) is 9.12. The first kappa shape index (κ1) is 41.0. The van der Waals surface area contributed by atoms with Gasteiger partial charge in [-0.15, -0.1) is 0 Å². The van der Waals surface area contributed by atoms with E-state index in [-0.39, 0.29) is 82.4 Å². The third-order valence-corrected chi connectivity index (χ3v) is 13.0. The number of carbonyl (C=O) groups excluding carboxylic acids is 3. The van der Waals surface area contributed by atoms with Crippen molar-refractivity contribution in [3.8, 4) is 22.3 Å². The van der Waals surface area contributed by atoms with Crippen molar-refractivity contribution >= 4 is 116 Å². The fourth-order valence-corrected chi connectivity index (χ4v) is 9.66. The predicted molar refractivity (Wildman–Crippen MR) is 264 cm³/mol. The Morgan fingerprint density at radius 3 is 1.64 bits per heavy atom. The fraction of sp³-hybridized carbons (Fsp3) is 0.0526. The summed E-state index contributed by atoms with van der Waals surface area (Å²) >= 11 is 0. The van der Waals surface area contributed by atoms with Crippen LogP contribution in [0.25, 0.3) is 120 Å². The lowest BCUT2D eigenvalue weighted by atomic mass is 9.91. The number of para-hydroxylation sites is 1. The lowest BCUT2D eigenvalue weighted by Crippen LogP contribution is -2.08. The van der Waals surface area contributed by atoms with Crippen molar-refractivity contribution in [3.05, 3.63) is 187 Å². The molecule has 0 saturated heterocycles. The zero-order chi connectivity index (χ0) is 47.4. The molecule has 0 fully saturated rings. The van der Waals surface area contributed by atoms with E-state index in [1.165, 1.54) is 57.7 Å². The molecule has 12 rings (SSSR count). The molecule has 3 aromatic heterocycles. The molecule has 0 radical (unpaired) electrons. The molecule has 0 aliphatic carbocycles. The minimum atomic E-state index is -0.642. The first-order chi connectivity index (χ1) is 33.5. The first-order valence-corrected chi connectivity index (χ1v) is 21.6. The van der Waals surface area contributed by atoms with Crippen molar-refractivity contribution in [1.82, 2.24) is 0 Å². The monoisotopic (exact) mass is 908 g/mol. The van der Waals surface area contributed by atoms with Crippen LogP contribution in [-0.4, -0.2) is 39.2 Å². The molecule has 0 unspecified atom stereocenters. The largest absolute Gasteiger partial charge is 0.465 e. The maximum atomic E-state index is 15.1. The van der Waals surface area contributed by atoms with Gasteiger partial charge in [0.05, 0.1) is 64.8 Å². The van der Waals surface area contributed by atoms with Crippen molar-refractivity contribution in [2.45, 2.75) is 0 Å². The van der Waals surface area contributed by atoms with Crippen LogP contribution in [0.15, 0.2) is 167 Å². The van der Waals surface area contributed by atoms with Crippen molar-refractivity contribution in [2.75, 3.05) is 21.3 Å². The molecule has 12 nitrogen and oxygen atoms in total. The molecule has 9 aromatic carbocycles. The van der Waals surface area contributed by atoms with Crippen LogP contribution in [0.5, 0.6) is 0 Å². The van der Waals surface area contributed by atoms with Gasteiger partial charge in [0.2, 0.25) is 16.3 Å². The van der Waals surface area contributed by atoms with E-state index in [2.05, 4.69) is 0 Å². The SMILES string of the molecule is COC(=O)c1ccc2c(=O)c3c(oc2c1)c(-c1ccc2ccc4oc5c(C(=O)OC)cccc5c(=O)c4c2c1)cc1ccc(-c2cc4ccccc4c4c(=O)c5cc(C(=O)OC)ccc5oc24)cc13. The Hall–Kier alpha value is -9.42. The molecule has 0 amide bonds. The van der Waals surface area contributed by atoms with Crippen LogP contribution in [0.1, 0.15) is 31.1 Å². The summed E-state index contributed by atoms with van der Waals surface area (Å²) in [6, 6.07) is 39.9. The van der Waals surface area contributed by atoms with Gasteiger partial charge in [0.1, 0.15) is 33.5 Å². The fourth-order valence-electron chi connectivity index (χ4n) is 9.66. The average Bonchev–Trinajstić information content (AvgIpc) is 3.38. The van der Waals surface area contributed by atoms with E-state index < -0.39 is 17.9 Å². The van der Waals surface area contributed by atoms with E-state index in [4.69, 9.17) is 27.5 Å². The molecule has 3 heterocycles. The number of fused-ring (bicyclic) bond motifs is 12. The third kappa shape index (κ3) is 6.15. The molecule has 12 heteroatoms. The number of rotatable bonds is 5. The molecule has 332 valence electrons. The summed E-state index contributed by atoms with van der Waals surface area (Å²) in [5, 5.41) is 5.41. The van der Waals surface area contributed by atoms with Crippen molar-refractivity contribution in [2.24, 2.45) is 0 Å². The van der Waals surface area contributed by atoms with E-state index in [1.807, 2.05) is 78.9 Å². The molecule has 0 aliphatic heterocycles. The number of methoxy groups -OCH3 is 3. The standard InChI is InChI=1S/C57H32O12/c1-64-55(61)32-17-19-43-42(25-32)51(60)47-34-8-5-4-7-28(34)23-40(53(47)67-43)31-14-13-29-24-41(54-48(39(29)22-31)49(58)35-18-15-33(56(62)65-2)26-45(35)69-54)30-12-11-27-16-20-44-46(38(27)21-30)50(59)36-9-6-10-37(52(36)68-44)57(63)66-3/h4-26H,1-3H3. The van der Waals surface area contributed by atoms with Gasteiger partial charge in [-0.1, -0.05) is 60.7 Å². The van der Waals surface area contributed by atoms with Gasteiger partial charge in [-0.05, 0) is 122 Å². The number of ether oxygens (including phenoxy) is 3. The molecule has 0 aliphatic rings. The van der Waals surface area contributed by atoms with Crippen LogP contribution in [0.2, 0.25) is 0 Å². The van der Waals surface area contributed by atoms with Gasteiger partial charge < -0.3 is 27.5 Å². The summed E-state index contributed by atoms with van der Waals surface area (Å²) in [5.74, 6) is -1.84. The van der Waals surface area contributed by atoms with Crippen molar-refractivity contribution in [1.29, 1.82) is 0 Å². The Bertz CT molecular complexity index is 4520. The highest BCUT2D eigenvalue weighted by Crippen LogP contribution is 2.41. The smallest absolute Gasteiger partial charge is 0.341 e. The second-order valence-corrected chi connectivity index (χ2v) is 16.7. The quantitative estimate of drug-likeness (QED) is 0.0694. The Morgan fingerprint density at radius 1 is 0.377 bits per heavy atom. The minimum Gasteiger partial charge on any atom is -0.465 e. The molecular formula is C57H32O12. The molecule has 0 saturated carbocycles. The number of carbonyl (C=O) groups is 3. The van der Waals surface area contributed by atoms with Gasteiger partial charge in [0.15, 0.2) is 5.58 Å². The van der Waals surface area contributed by atoms with Crippen LogP contribution in [0.4, 0.5) is 0 Å². The lowest BCUT2D eigenvalue weighted by Gasteiger charge is -2.15. The van der Waals surface area contributed by atoms with Gasteiger partial charge in [0, 0.05) is 11.1 Å². The summed E-state index contributed by atoms with van der Waals surface area (Å²) in [5.41, 5.74) is 3.11. The second kappa shape index (κ2) is 15.3. The second-order valence-electron chi connectivity index (χ2n) is 16.7. The van der Waals surface area contributed by atoms with Gasteiger partial charge in [-0.2, -0.15) is 0 Å². The summed E-state index contributed by atoms with van der Waals surface area (Å²) in [6.07, 6.45) is 0. The molecule has 12 aromatic rings. The van der Waals surface area contributed by atoms with Gasteiger partial charge in [0.25, 0.3) is 0 Å². The molecule has 0 bridgehead atoms. The number of benzene rings is 9. The molecular weight excluding hydrogens is 877 g/mol. The summed E-state index contributed by atoms with van der Waals surface area (Å²) < 4.78 is 34.5. The Balaban J connectivity index is 1.14. The van der Waals surface area contributed by atoms with Crippen molar-refractivity contribution < 1.29 is 41.8 Å². The predicted octanol–water partition coefficient (Wildman–Crippen LogP) is 11.6. The van der Waals surface area contributed by atoms with E-state index in [9.17, 15) is 24.0 Å². The van der Waals surface area contributed by atoms with E-state index >= 15 is 4.79 Å². The van der Waals surface area contributed by atoms with Crippen LogP contribution >= 0.6 is 0 Å². The normalized spacial score (nSPS) is 11.8. The number of hydrogen-bond acceptors (Lipinski definition) is 12. The van der Waals surface area contributed by atoms with E-state index in [0.717, 1.165) is 10.8 Å². The topological polar surface area (TPSA) is 170 Å². The first-order valence-electron chi connectivity index (χ1n) is 21.6. The van der Waals surface area contributed by atoms with Gasteiger partial charge in [-0.3, -0.25) is 14.4 Å². The highest BCUT2D eigenvalue weighted by atomic mass is 16.5. The molecule has 0 atom stereocenters. The minimum absolute atomic E-state index is 0.110. The van der Waals surface area contributed by atoms with Gasteiger partial charge >= 0.3 is 17.9 Å². The number of esters is 3. The van der Waals surface area contributed by atoms with Crippen LogP contribution in [0.3, 0.4) is 0 Å². The third-order valence-electron chi connectivity index (χ3n) is 13.0. The highest BCUT2D eigenvalue weighted by Gasteiger charge is 2.23. The van der Waals surface area contributed by atoms with E-state index in [0.29, 0.717) is 60.2 Å². The zero-order valence-electron chi connectivity index (χ0n) is 36.7. The lowest BCUT2D eigenvalue weighted by molar-refractivity contribution is 0.0592. The summed E-state index contributed by atoms with van der Waals surface area (Å²) in [6.45, 7) is 0. The highest BCUT2D eigenvalue weighted by molar-refractivity contribution is 6.19. The summed E-state index contributed by atoms with van der Waals surface area (Å²) in [4.78, 5) is 81.9. The maximum Gasteiger partial charge on any atom is 0.341 e. The average molecular weight is 909 g/mol. The summed E-state index contributed by atoms with van der Waals surface area (Å²) in [7, 11) is 3.80.